The van der Waals surface area contributed by atoms with Crippen molar-refractivity contribution < 1.29 is 13.7 Å². The number of allylic oxidation sites excluding steroid dienone is 2. The fourth-order valence-electron chi connectivity index (χ4n) is 1.51. The molecule has 0 radical (unpaired) electrons. The molecular formula is C16H22O3S. The molecule has 1 unspecified atom stereocenters. The third kappa shape index (κ3) is 6.28. The summed E-state index contributed by atoms with van der Waals surface area (Å²) in [6, 6.07) is 7.67. The van der Waals surface area contributed by atoms with Gasteiger partial charge in [0.05, 0.1) is 10.8 Å². The molecule has 1 aromatic rings. The van der Waals surface area contributed by atoms with E-state index in [1.807, 2.05) is 45.0 Å². The van der Waals surface area contributed by atoms with Gasteiger partial charge in [-0.2, -0.15) is 0 Å². The predicted octanol–water partition coefficient (Wildman–Crippen LogP) is 3.57. The maximum atomic E-state index is 12.0. The van der Waals surface area contributed by atoms with E-state index in [-0.39, 0.29) is 6.29 Å². The molecule has 0 saturated heterocycles. The van der Waals surface area contributed by atoms with Crippen LogP contribution in [0.25, 0.3) is 0 Å². The average Bonchev–Trinajstić information content (AvgIpc) is 2.44. The Labute approximate surface area is 123 Å². The molecule has 0 aliphatic rings. The van der Waals surface area contributed by atoms with Crippen LogP contribution in [0.3, 0.4) is 0 Å². The minimum Gasteiger partial charge on any atom is -0.349 e. The van der Waals surface area contributed by atoms with Crippen molar-refractivity contribution in [1.82, 2.24) is 0 Å². The molecular weight excluding hydrogens is 272 g/mol. The molecule has 0 amide bonds. The van der Waals surface area contributed by atoms with Crippen LogP contribution in [0.5, 0.6) is 0 Å². The molecule has 3 nitrogen and oxygen atoms in total. The third-order valence-corrected chi connectivity index (χ3v) is 3.64. The van der Waals surface area contributed by atoms with Gasteiger partial charge in [-0.3, -0.25) is 0 Å². The Kier molecular flexibility index (Phi) is 8.11. The molecule has 1 rings (SSSR count). The van der Waals surface area contributed by atoms with Crippen LogP contribution in [0, 0.1) is 6.92 Å². The molecule has 20 heavy (non-hydrogen) atoms. The van der Waals surface area contributed by atoms with E-state index in [1.165, 1.54) is 0 Å². The largest absolute Gasteiger partial charge is 0.349 e. The second-order valence-corrected chi connectivity index (χ2v) is 5.44. The Bertz CT molecular complexity index is 457. The third-order valence-electron chi connectivity index (χ3n) is 2.50. The molecule has 0 bridgehead atoms. The highest BCUT2D eigenvalue weighted by Crippen LogP contribution is 2.09. The van der Waals surface area contributed by atoms with Gasteiger partial charge in [0, 0.05) is 23.5 Å². The molecule has 0 N–H and O–H groups in total. The van der Waals surface area contributed by atoms with Crippen LogP contribution in [0.1, 0.15) is 19.4 Å². The first-order chi connectivity index (χ1) is 9.67. The summed E-state index contributed by atoms with van der Waals surface area (Å²) < 4.78 is 22.7. The van der Waals surface area contributed by atoms with E-state index in [1.54, 1.807) is 23.6 Å². The fraction of sp³-hybridized carbons (Fsp3) is 0.375. The highest BCUT2D eigenvalue weighted by Gasteiger charge is 2.01. The Balaban J connectivity index is 2.54. The van der Waals surface area contributed by atoms with Gasteiger partial charge in [-0.15, -0.1) is 0 Å². The molecule has 0 saturated carbocycles. The van der Waals surface area contributed by atoms with Crippen LogP contribution in [0.15, 0.2) is 52.8 Å². The van der Waals surface area contributed by atoms with Crippen molar-refractivity contribution in [3.63, 3.8) is 0 Å². The first-order valence-corrected chi connectivity index (χ1v) is 7.94. The number of benzene rings is 1. The van der Waals surface area contributed by atoms with Crippen LogP contribution in [-0.2, 0) is 20.3 Å². The summed E-state index contributed by atoms with van der Waals surface area (Å²) >= 11 is 0. The highest BCUT2D eigenvalue weighted by molar-refractivity contribution is 7.88. The zero-order chi connectivity index (χ0) is 14.8. The molecule has 110 valence electrons. The van der Waals surface area contributed by atoms with Gasteiger partial charge in [0.1, 0.15) is 0 Å². The van der Waals surface area contributed by atoms with Gasteiger partial charge < -0.3 is 9.47 Å². The van der Waals surface area contributed by atoms with E-state index in [4.69, 9.17) is 9.47 Å². The smallest absolute Gasteiger partial charge is 0.177 e. The molecule has 0 fully saturated rings. The van der Waals surface area contributed by atoms with E-state index in [0.29, 0.717) is 13.2 Å². The lowest BCUT2D eigenvalue weighted by molar-refractivity contribution is -0.103. The molecule has 0 aromatic heterocycles. The van der Waals surface area contributed by atoms with Gasteiger partial charge in [-0.25, -0.2) is 4.21 Å². The topological polar surface area (TPSA) is 35.5 Å². The van der Waals surface area contributed by atoms with E-state index >= 15 is 0 Å². The predicted molar refractivity (Wildman–Crippen MR) is 82.9 cm³/mol. The molecule has 0 aliphatic carbocycles. The minimum atomic E-state index is -1.13. The van der Waals surface area contributed by atoms with Gasteiger partial charge in [0.2, 0.25) is 0 Å². The van der Waals surface area contributed by atoms with Gasteiger partial charge in [-0.05, 0) is 39.0 Å². The lowest BCUT2D eigenvalue weighted by Crippen LogP contribution is -2.13. The first kappa shape index (κ1) is 16.8. The standard InChI is InChI=1S/C16H22O3S/c1-4-18-16(19-5-2)8-6-7-13-20(17)15-11-9-14(3)10-12-15/h6-13,16H,4-5H2,1-3H3/b8-6+,13-7-. The zero-order valence-corrected chi connectivity index (χ0v) is 13.1. The molecule has 1 aromatic carbocycles. The van der Waals surface area contributed by atoms with Crippen LogP contribution >= 0.6 is 0 Å². The number of aryl methyl sites for hydroxylation is 1. The minimum absolute atomic E-state index is 0.345. The lowest BCUT2D eigenvalue weighted by Gasteiger charge is -2.11. The Morgan fingerprint density at radius 2 is 1.70 bits per heavy atom. The second-order valence-electron chi connectivity index (χ2n) is 4.10. The van der Waals surface area contributed by atoms with Crippen molar-refractivity contribution in [3.8, 4) is 0 Å². The van der Waals surface area contributed by atoms with Crippen LogP contribution < -0.4 is 0 Å². The number of ether oxygens (including phenoxy) is 2. The Morgan fingerprint density at radius 1 is 1.10 bits per heavy atom. The molecule has 1 atom stereocenters. The summed E-state index contributed by atoms with van der Waals surface area (Å²) in [5.74, 6) is 0. The van der Waals surface area contributed by atoms with Crippen LogP contribution in [0.2, 0.25) is 0 Å². The van der Waals surface area contributed by atoms with Gasteiger partial charge >= 0.3 is 0 Å². The van der Waals surface area contributed by atoms with Crippen molar-refractivity contribution in [2.45, 2.75) is 32.0 Å². The zero-order valence-electron chi connectivity index (χ0n) is 12.2. The van der Waals surface area contributed by atoms with Gasteiger partial charge in [-0.1, -0.05) is 29.8 Å². The molecule has 0 heterocycles. The molecule has 0 spiro atoms. The number of hydrogen-bond acceptors (Lipinski definition) is 3. The quantitative estimate of drug-likeness (QED) is 0.543. The summed E-state index contributed by atoms with van der Waals surface area (Å²) in [7, 11) is -1.13. The lowest BCUT2D eigenvalue weighted by atomic mass is 10.2. The van der Waals surface area contributed by atoms with Crippen molar-refractivity contribution in [2.24, 2.45) is 0 Å². The van der Waals surface area contributed by atoms with Crippen LogP contribution in [-0.4, -0.2) is 23.7 Å². The first-order valence-electron chi connectivity index (χ1n) is 6.72. The van der Waals surface area contributed by atoms with Crippen molar-refractivity contribution in [1.29, 1.82) is 0 Å². The van der Waals surface area contributed by atoms with E-state index < -0.39 is 10.8 Å². The summed E-state index contributed by atoms with van der Waals surface area (Å²) in [5, 5.41) is 1.65. The van der Waals surface area contributed by atoms with Crippen LogP contribution in [0.4, 0.5) is 0 Å². The summed E-state index contributed by atoms with van der Waals surface area (Å²) in [6.07, 6.45) is 5.00. The van der Waals surface area contributed by atoms with Gasteiger partial charge in [0.15, 0.2) is 6.29 Å². The SMILES string of the molecule is CCOC(/C=C/C=C\S(=O)c1ccc(C)cc1)OCC. The van der Waals surface area contributed by atoms with Crippen molar-refractivity contribution in [2.75, 3.05) is 13.2 Å². The second kappa shape index (κ2) is 9.64. The number of rotatable bonds is 8. The fourth-order valence-corrected chi connectivity index (χ4v) is 2.31. The Hall–Kier alpha value is -1.23. The molecule has 0 aliphatic heterocycles. The highest BCUT2D eigenvalue weighted by atomic mass is 32.2. The maximum absolute atomic E-state index is 12.0. The maximum Gasteiger partial charge on any atom is 0.177 e. The van der Waals surface area contributed by atoms with E-state index in [9.17, 15) is 4.21 Å². The molecule has 4 heteroatoms. The van der Waals surface area contributed by atoms with E-state index in [2.05, 4.69) is 0 Å². The summed E-state index contributed by atoms with van der Waals surface area (Å²) in [4.78, 5) is 0.798. The number of hydrogen-bond donors (Lipinski definition) is 0. The van der Waals surface area contributed by atoms with E-state index in [0.717, 1.165) is 10.5 Å². The monoisotopic (exact) mass is 294 g/mol. The summed E-state index contributed by atoms with van der Waals surface area (Å²) in [6.45, 7) is 7.03. The van der Waals surface area contributed by atoms with Gasteiger partial charge in [0.25, 0.3) is 0 Å². The summed E-state index contributed by atoms with van der Waals surface area (Å²) in [5.41, 5.74) is 1.16. The van der Waals surface area contributed by atoms with Crippen molar-refractivity contribution in [3.05, 3.63) is 53.5 Å². The average molecular weight is 294 g/mol. The Morgan fingerprint density at radius 3 is 2.25 bits per heavy atom. The normalized spacial score (nSPS) is 13.6. The van der Waals surface area contributed by atoms with Crippen molar-refractivity contribution >= 4 is 10.8 Å².